The van der Waals surface area contributed by atoms with Crippen molar-refractivity contribution in [1.29, 1.82) is 5.26 Å². The van der Waals surface area contributed by atoms with Gasteiger partial charge in [0.2, 0.25) is 0 Å². The number of benzene rings is 1. The molecule has 0 N–H and O–H groups in total. The molecule has 0 spiro atoms. The van der Waals surface area contributed by atoms with E-state index in [0.717, 1.165) is 23.1 Å². The SMILES string of the molecule is N#Cc1ncn(-c2ccc(F)cc2[N+](=O)[O-])n1. The van der Waals surface area contributed by atoms with E-state index in [-0.39, 0.29) is 11.5 Å². The van der Waals surface area contributed by atoms with E-state index in [2.05, 4.69) is 10.1 Å². The minimum absolute atomic E-state index is 0.0467. The molecule has 0 radical (unpaired) electrons. The van der Waals surface area contributed by atoms with E-state index >= 15 is 0 Å². The molecule has 0 aliphatic heterocycles. The normalized spacial score (nSPS) is 9.88. The molecule has 0 saturated carbocycles. The third kappa shape index (κ3) is 1.93. The molecule has 7 nitrogen and oxygen atoms in total. The summed E-state index contributed by atoms with van der Waals surface area (Å²) in [6, 6.07) is 4.73. The molecule has 0 aliphatic carbocycles. The van der Waals surface area contributed by atoms with Crippen LogP contribution in [0.4, 0.5) is 10.1 Å². The number of nitro groups is 1. The van der Waals surface area contributed by atoms with Gasteiger partial charge in [0, 0.05) is 0 Å². The Morgan fingerprint density at radius 3 is 2.88 bits per heavy atom. The molecular formula is C9H4FN5O2. The van der Waals surface area contributed by atoms with Crippen molar-refractivity contribution in [3.8, 4) is 11.8 Å². The molecule has 0 amide bonds. The van der Waals surface area contributed by atoms with E-state index in [1.807, 2.05) is 0 Å². The first-order chi connectivity index (χ1) is 8.11. The zero-order valence-electron chi connectivity index (χ0n) is 8.24. The first kappa shape index (κ1) is 10.7. The third-order valence-electron chi connectivity index (χ3n) is 1.97. The number of nitro benzene ring substituents is 1. The molecule has 0 aliphatic rings. The predicted molar refractivity (Wildman–Crippen MR) is 52.7 cm³/mol. The highest BCUT2D eigenvalue weighted by Gasteiger charge is 2.17. The molecule has 1 aromatic heterocycles. The highest BCUT2D eigenvalue weighted by atomic mass is 19.1. The summed E-state index contributed by atoms with van der Waals surface area (Å²) >= 11 is 0. The van der Waals surface area contributed by atoms with Crippen molar-refractivity contribution in [2.75, 3.05) is 0 Å². The number of nitrogens with zero attached hydrogens (tertiary/aromatic N) is 5. The molecule has 2 aromatic rings. The monoisotopic (exact) mass is 233 g/mol. The van der Waals surface area contributed by atoms with E-state index in [1.54, 1.807) is 6.07 Å². The van der Waals surface area contributed by atoms with Crippen LogP contribution in [0.15, 0.2) is 24.5 Å². The van der Waals surface area contributed by atoms with Crippen LogP contribution in [0, 0.1) is 27.3 Å². The molecule has 0 atom stereocenters. The zero-order chi connectivity index (χ0) is 12.4. The van der Waals surface area contributed by atoms with Crippen molar-refractivity contribution in [3.05, 3.63) is 46.3 Å². The van der Waals surface area contributed by atoms with Crippen LogP contribution in [0.3, 0.4) is 0 Å². The van der Waals surface area contributed by atoms with Crippen LogP contribution in [0.2, 0.25) is 0 Å². The van der Waals surface area contributed by atoms with Crippen LogP contribution in [-0.2, 0) is 0 Å². The highest BCUT2D eigenvalue weighted by molar-refractivity contribution is 5.51. The van der Waals surface area contributed by atoms with Crippen molar-refractivity contribution in [2.45, 2.75) is 0 Å². The molecule has 0 bridgehead atoms. The molecule has 1 aromatic carbocycles. The maximum atomic E-state index is 12.9. The Labute approximate surface area is 93.9 Å². The highest BCUT2D eigenvalue weighted by Crippen LogP contribution is 2.22. The van der Waals surface area contributed by atoms with Crippen LogP contribution in [0.5, 0.6) is 0 Å². The predicted octanol–water partition coefficient (Wildman–Crippen LogP) is 1.19. The lowest BCUT2D eigenvalue weighted by Gasteiger charge is -2.01. The Morgan fingerprint density at radius 1 is 1.53 bits per heavy atom. The Hall–Kier alpha value is -2.82. The van der Waals surface area contributed by atoms with Gasteiger partial charge in [0.15, 0.2) is 0 Å². The zero-order valence-corrected chi connectivity index (χ0v) is 8.24. The van der Waals surface area contributed by atoms with E-state index in [0.29, 0.717) is 0 Å². The Kier molecular flexibility index (Phi) is 2.50. The van der Waals surface area contributed by atoms with Crippen molar-refractivity contribution in [1.82, 2.24) is 14.8 Å². The summed E-state index contributed by atoms with van der Waals surface area (Å²) in [5, 5.41) is 23.0. The van der Waals surface area contributed by atoms with Crippen molar-refractivity contribution < 1.29 is 9.31 Å². The molecule has 0 saturated heterocycles. The average Bonchev–Trinajstić information content (AvgIpc) is 2.77. The smallest absolute Gasteiger partial charge is 0.258 e. The summed E-state index contributed by atoms with van der Waals surface area (Å²) in [4.78, 5) is 13.6. The summed E-state index contributed by atoms with van der Waals surface area (Å²) in [5.41, 5.74) is -0.398. The minimum Gasteiger partial charge on any atom is -0.258 e. The molecular weight excluding hydrogens is 229 g/mol. The largest absolute Gasteiger partial charge is 0.297 e. The maximum absolute atomic E-state index is 12.9. The molecule has 8 heteroatoms. The van der Waals surface area contributed by atoms with Crippen LogP contribution >= 0.6 is 0 Å². The van der Waals surface area contributed by atoms with Gasteiger partial charge in [0.05, 0.1) is 11.0 Å². The standard InChI is InChI=1S/C9H4FN5O2/c10-6-1-2-7(8(3-6)15(16)17)14-5-12-9(4-11)13-14/h1-3,5H. The second-order valence-electron chi connectivity index (χ2n) is 3.01. The second-order valence-corrected chi connectivity index (χ2v) is 3.01. The lowest BCUT2D eigenvalue weighted by atomic mass is 10.2. The summed E-state index contributed by atoms with van der Waals surface area (Å²) in [5.74, 6) is -0.843. The summed E-state index contributed by atoms with van der Waals surface area (Å²) < 4.78 is 13.9. The number of hydrogen-bond donors (Lipinski definition) is 0. The van der Waals surface area contributed by atoms with Gasteiger partial charge in [-0.15, -0.1) is 5.10 Å². The lowest BCUT2D eigenvalue weighted by Crippen LogP contribution is -2.01. The quantitative estimate of drug-likeness (QED) is 0.573. The van der Waals surface area contributed by atoms with Gasteiger partial charge in [0.25, 0.3) is 11.5 Å². The first-order valence-electron chi connectivity index (χ1n) is 4.38. The van der Waals surface area contributed by atoms with Gasteiger partial charge in [0.1, 0.15) is 23.9 Å². The van der Waals surface area contributed by atoms with Gasteiger partial charge in [-0.05, 0) is 12.1 Å². The summed E-state index contributed by atoms with van der Waals surface area (Å²) in [7, 11) is 0. The van der Waals surface area contributed by atoms with Gasteiger partial charge in [-0.2, -0.15) is 5.26 Å². The van der Waals surface area contributed by atoms with E-state index < -0.39 is 16.4 Å². The Morgan fingerprint density at radius 2 is 2.29 bits per heavy atom. The molecule has 84 valence electrons. The van der Waals surface area contributed by atoms with Crippen molar-refractivity contribution in [3.63, 3.8) is 0 Å². The summed E-state index contributed by atoms with van der Waals surface area (Å²) in [6.45, 7) is 0. The van der Waals surface area contributed by atoms with Crippen LogP contribution in [0.1, 0.15) is 5.82 Å². The summed E-state index contributed by atoms with van der Waals surface area (Å²) in [6.07, 6.45) is 1.15. The van der Waals surface area contributed by atoms with Gasteiger partial charge >= 0.3 is 0 Å². The number of hydrogen-bond acceptors (Lipinski definition) is 5. The number of halogens is 1. The third-order valence-corrected chi connectivity index (χ3v) is 1.97. The van der Waals surface area contributed by atoms with Gasteiger partial charge < -0.3 is 0 Å². The molecule has 1 heterocycles. The average molecular weight is 233 g/mol. The van der Waals surface area contributed by atoms with Crippen LogP contribution < -0.4 is 0 Å². The number of rotatable bonds is 2. The Balaban J connectivity index is 2.59. The lowest BCUT2D eigenvalue weighted by molar-refractivity contribution is -0.384. The second kappa shape index (κ2) is 3.97. The maximum Gasteiger partial charge on any atom is 0.297 e. The van der Waals surface area contributed by atoms with E-state index in [4.69, 9.17) is 5.26 Å². The fraction of sp³-hybridized carbons (Fsp3) is 0. The van der Waals surface area contributed by atoms with Gasteiger partial charge in [-0.3, -0.25) is 10.1 Å². The van der Waals surface area contributed by atoms with E-state index in [1.165, 1.54) is 6.07 Å². The van der Waals surface area contributed by atoms with E-state index in [9.17, 15) is 14.5 Å². The minimum atomic E-state index is -0.730. The molecule has 17 heavy (non-hydrogen) atoms. The Bertz CT molecular complexity index is 631. The number of nitriles is 1. The first-order valence-corrected chi connectivity index (χ1v) is 4.38. The topological polar surface area (TPSA) is 97.6 Å². The molecule has 2 rings (SSSR count). The van der Waals surface area contributed by atoms with Crippen LogP contribution in [-0.4, -0.2) is 19.7 Å². The van der Waals surface area contributed by atoms with Crippen molar-refractivity contribution in [2.24, 2.45) is 0 Å². The van der Waals surface area contributed by atoms with Gasteiger partial charge in [-0.25, -0.2) is 14.1 Å². The fourth-order valence-corrected chi connectivity index (χ4v) is 1.27. The fourth-order valence-electron chi connectivity index (χ4n) is 1.27. The van der Waals surface area contributed by atoms with Crippen LogP contribution in [0.25, 0.3) is 5.69 Å². The van der Waals surface area contributed by atoms with Gasteiger partial charge in [-0.1, -0.05) is 0 Å². The molecule has 0 fully saturated rings. The number of aromatic nitrogens is 3. The molecule has 0 unspecified atom stereocenters. The van der Waals surface area contributed by atoms with Crippen molar-refractivity contribution >= 4 is 5.69 Å².